The summed E-state index contributed by atoms with van der Waals surface area (Å²) in [6, 6.07) is 4.67. The topological polar surface area (TPSA) is 12.9 Å². The highest BCUT2D eigenvalue weighted by atomic mass is 31.1. The van der Waals surface area contributed by atoms with Crippen LogP contribution in [0.1, 0.15) is 79.3 Å². The SMILES string of the molecule is CC(C)(C)PCc1cc(C(C)(C)C)cc(CPC(C)(C)C)n1. The number of aromatic nitrogens is 1. The molecule has 0 saturated carbocycles. The zero-order chi connectivity index (χ0) is 17.2. The van der Waals surface area contributed by atoms with Gasteiger partial charge in [-0.2, -0.15) is 0 Å². The molecule has 0 aliphatic rings. The lowest BCUT2D eigenvalue weighted by Gasteiger charge is -2.23. The molecule has 0 fully saturated rings. The lowest BCUT2D eigenvalue weighted by molar-refractivity contribution is 0.587. The molecule has 2 atom stereocenters. The Balaban J connectivity index is 3.01. The molecule has 1 heterocycles. The maximum absolute atomic E-state index is 4.97. The van der Waals surface area contributed by atoms with Gasteiger partial charge in [0, 0.05) is 23.7 Å². The second-order valence-corrected chi connectivity index (χ2v) is 13.7. The maximum Gasteiger partial charge on any atom is 0.0450 e. The molecule has 0 bridgehead atoms. The van der Waals surface area contributed by atoms with E-state index in [4.69, 9.17) is 4.98 Å². The van der Waals surface area contributed by atoms with Crippen molar-refractivity contribution < 1.29 is 0 Å². The third kappa shape index (κ3) is 8.03. The molecule has 0 aliphatic carbocycles. The Hall–Kier alpha value is 0.01000. The Kier molecular flexibility index (Phi) is 6.63. The summed E-state index contributed by atoms with van der Waals surface area (Å²) in [5.74, 6) is 0. The largest absolute Gasteiger partial charge is 0.257 e. The van der Waals surface area contributed by atoms with Gasteiger partial charge in [0.1, 0.15) is 0 Å². The van der Waals surface area contributed by atoms with Gasteiger partial charge in [0.05, 0.1) is 0 Å². The zero-order valence-corrected chi connectivity index (χ0v) is 18.0. The molecular formula is C19H35NP2. The van der Waals surface area contributed by atoms with Crippen molar-refractivity contribution in [2.75, 3.05) is 0 Å². The lowest BCUT2D eigenvalue weighted by Crippen LogP contribution is -2.14. The third-order valence-electron chi connectivity index (χ3n) is 3.40. The van der Waals surface area contributed by atoms with Gasteiger partial charge in [0.25, 0.3) is 0 Å². The standard InChI is InChI=1S/C19H35NP2/c1-17(2,3)14-10-15(12-21-18(4,5)6)20-16(11-14)13-22-19(7,8)9/h10-11,21-22H,12-13H2,1-9H3. The first-order chi connectivity index (χ1) is 9.76. The fourth-order valence-corrected chi connectivity index (χ4v) is 3.76. The fourth-order valence-electron chi connectivity index (χ4n) is 1.98. The maximum atomic E-state index is 4.97. The van der Waals surface area contributed by atoms with Gasteiger partial charge >= 0.3 is 0 Å². The number of rotatable bonds is 4. The summed E-state index contributed by atoms with van der Waals surface area (Å²) in [5.41, 5.74) is 4.20. The Morgan fingerprint density at radius 3 is 1.36 bits per heavy atom. The third-order valence-corrected chi connectivity index (χ3v) is 6.60. The first-order valence-electron chi connectivity index (χ1n) is 8.27. The highest BCUT2D eigenvalue weighted by Gasteiger charge is 2.18. The van der Waals surface area contributed by atoms with Crippen molar-refractivity contribution in [3.05, 3.63) is 29.1 Å². The molecule has 1 rings (SSSR count). The van der Waals surface area contributed by atoms with Crippen LogP contribution in [-0.4, -0.2) is 15.3 Å². The Morgan fingerprint density at radius 2 is 1.09 bits per heavy atom. The fraction of sp³-hybridized carbons (Fsp3) is 0.737. The Bertz CT molecular complexity index is 451. The van der Waals surface area contributed by atoms with E-state index >= 15 is 0 Å². The van der Waals surface area contributed by atoms with Crippen molar-refractivity contribution in [1.82, 2.24) is 4.98 Å². The van der Waals surface area contributed by atoms with Crippen LogP contribution in [0, 0.1) is 0 Å². The van der Waals surface area contributed by atoms with Crippen molar-refractivity contribution in [3.8, 4) is 0 Å². The van der Waals surface area contributed by atoms with Crippen LogP contribution in [0.3, 0.4) is 0 Å². The Labute approximate surface area is 142 Å². The molecule has 2 unspecified atom stereocenters. The predicted molar refractivity (Wildman–Crippen MR) is 106 cm³/mol. The van der Waals surface area contributed by atoms with E-state index in [9.17, 15) is 0 Å². The van der Waals surface area contributed by atoms with E-state index < -0.39 is 0 Å². The Morgan fingerprint density at radius 1 is 0.727 bits per heavy atom. The molecule has 0 saturated heterocycles. The van der Waals surface area contributed by atoms with Crippen molar-refractivity contribution in [1.29, 1.82) is 0 Å². The monoisotopic (exact) mass is 339 g/mol. The van der Waals surface area contributed by atoms with Crippen LogP contribution in [0.4, 0.5) is 0 Å². The number of hydrogen-bond acceptors (Lipinski definition) is 1. The van der Waals surface area contributed by atoms with E-state index in [1.54, 1.807) is 0 Å². The van der Waals surface area contributed by atoms with Crippen LogP contribution in [0.2, 0.25) is 0 Å². The molecule has 22 heavy (non-hydrogen) atoms. The van der Waals surface area contributed by atoms with Gasteiger partial charge in [0.15, 0.2) is 0 Å². The second kappa shape index (κ2) is 7.27. The summed E-state index contributed by atoms with van der Waals surface area (Å²) in [7, 11) is 1.85. The van der Waals surface area contributed by atoms with Crippen LogP contribution in [0.15, 0.2) is 12.1 Å². The molecule has 0 aromatic carbocycles. The van der Waals surface area contributed by atoms with Gasteiger partial charge in [-0.1, -0.05) is 62.3 Å². The van der Waals surface area contributed by atoms with E-state index in [2.05, 4.69) is 74.4 Å². The van der Waals surface area contributed by atoms with Crippen molar-refractivity contribution >= 4 is 17.2 Å². The van der Waals surface area contributed by atoms with Gasteiger partial charge < -0.3 is 0 Å². The average molecular weight is 339 g/mol. The normalized spacial score (nSPS) is 14.6. The van der Waals surface area contributed by atoms with Crippen molar-refractivity contribution in [2.24, 2.45) is 0 Å². The summed E-state index contributed by atoms with van der Waals surface area (Å²) in [5, 5.41) is 0.791. The van der Waals surface area contributed by atoms with Crippen molar-refractivity contribution in [2.45, 2.75) is 90.4 Å². The summed E-state index contributed by atoms with van der Waals surface area (Å²) in [6.45, 7) is 20.8. The van der Waals surface area contributed by atoms with Gasteiger partial charge in [-0.15, -0.1) is 17.2 Å². The smallest absolute Gasteiger partial charge is 0.0450 e. The van der Waals surface area contributed by atoms with Gasteiger partial charge in [0.2, 0.25) is 0 Å². The average Bonchev–Trinajstić information content (AvgIpc) is 2.31. The minimum Gasteiger partial charge on any atom is -0.257 e. The molecule has 0 spiro atoms. The molecule has 3 heteroatoms. The van der Waals surface area contributed by atoms with Gasteiger partial charge in [-0.25, -0.2) is 0 Å². The van der Waals surface area contributed by atoms with Gasteiger partial charge in [-0.3, -0.25) is 4.98 Å². The molecule has 126 valence electrons. The zero-order valence-electron chi connectivity index (χ0n) is 16.0. The van der Waals surface area contributed by atoms with Gasteiger partial charge in [-0.05, 0) is 33.4 Å². The number of nitrogens with zero attached hydrogens (tertiary/aromatic N) is 1. The van der Waals surface area contributed by atoms with Crippen LogP contribution in [0.25, 0.3) is 0 Å². The quantitative estimate of drug-likeness (QED) is 0.584. The summed E-state index contributed by atoms with van der Waals surface area (Å²) < 4.78 is 0. The highest BCUT2D eigenvalue weighted by Crippen LogP contribution is 2.37. The van der Waals surface area contributed by atoms with E-state index in [1.807, 2.05) is 0 Å². The van der Waals surface area contributed by atoms with Crippen LogP contribution in [0.5, 0.6) is 0 Å². The minimum atomic E-state index is 0.197. The summed E-state index contributed by atoms with van der Waals surface area (Å²) in [6.07, 6.45) is 2.22. The van der Waals surface area contributed by atoms with Crippen molar-refractivity contribution in [3.63, 3.8) is 0 Å². The van der Waals surface area contributed by atoms with E-state index in [-0.39, 0.29) is 5.41 Å². The molecule has 0 amide bonds. The molecule has 0 N–H and O–H groups in total. The lowest BCUT2D eigenvalue weighted by atomic mass is 9.87. The number of pyridine rings is 1. The first-order valence-corrected chi connectivity index (χ1v) is 10.7. The van der Waals surface area contributed by atoms with E-state index in [0.29, 0.717) is 10.3 Å². The van der Waals surface area contributed by atoms with Crippen LogP contribution in [-0.2, 0) is 17.7 Å². The van der Waals surface area contributed by atoms with E-state index in [1.165, 1.54) is 17.0 Å². The van der Waals surface area contributed by atoms with Crippen LogP contribution >= 0.6 is 17.2 Å². The molecule has 1 nitrogen and oxygen atoms in total. The minimum absolute atomic E-state index is 0.197. The molecule has 1 aromatic heterocycles. The number of hydrogen-bond donors (Lipinski definition) is 0. The van der Waals surface area contributed by atoms with E-state index in [0.717, 1.165) is 29.5 Å². The molecule has 0 aliphatic heterocycles. The predicted octanol–water partition coefficient (Wildman–Crippen LogP) is 6.33. The molecular weight excluding hydrogens is 304 g/mol. The molecule has 0 radical (unpaired) electrons. The first kappa shape index (κ1) is 20.1. The summed E-state index contributed by atoms with van der Waals surface area (Å²) in [4.78, 5) is 4.97. The molecule has 1 aromatic rings. The van der Waals surface area contributed by atoms with Crippen LogP contribution < -0.4 is 0 Å². The summed E-state index contributed by atoms with van der Waals surface area (Å²) >= 11 is 0. The highest BCUT2D eigenvalue weighted by molar-refractivity contribution is 7.39. The second-order valence-electron chi connectivity index (χ2n) is 9.30.